The number of carbonyl (C=O) groups excluding carboxylic acids is 2. The first-order valence-electron chi connectivity index (χ1n) is 6.37. The molecule has 4 nitrogen and oxygen atoms in total. The van der Waals surface area contributed by atoms with E-state index in [1.54, 1.807) is 6.92 Å². The van der Waals surface area contributed by atoms with Gasteiger partial charge in [0.25, 0.3) is 0 Å². The average molecular weight is 325 g/mol. The minimum atomic E-state index is 0.138. The molecule has 0 atom stereocenters. The molecule has 1 amide bonds. The molecule has 0 saturated carbocycles. The van der Waals surface area contributed by atoms with Crippen molar-refractivity contribution in [2.24, 2.45) is 0 Å². The number of nitrogens with zero attached hydrogens (tertiary/aromatic N) is 2. The van der Waals surface area contributed by atoms with Gasteiger partial charge in [-0.3, -0.25) is 9.59 Å². The molecular weight excluding hydrogens is 308 g/mol. The smallest absolute Gasteiger partial charge is 0.219 e. The Morgan fingerprint density at radius 1 is 1.26 bits per heavy atom. The molecular formula is C14H17BrN2O2. The van der Waals surface area contributed by atoms with E-state index >= 15 is 0 Å². The predicted octanol–water partition coefficient (Wildman–Crippen LogP) is 2.32. The van der Waals surface area contributed by atoms with E-state index < -0.39 is 0 Å². The summed E-state index contributed by atoms with van der Waals surface area (Å²) in [6.07, 6.45) is 1.81. The fourth-order valence-electron chi connectivity index (χ4n) is 2.30. The molecule has 2 rings (SSSR count). The molecule has 1 aliphatic rings. The van der Waals surface area contributed by atoms with E-state index in [2.05, 4.69) is 20.8 Å². The van der Waals surface area contributed by atoms with Gasteiger partial charge in [0.05, 0.1) is 0 Å². The molecule has 1 aliphatic heterocycles. The van der Waals surface area contributed by atoms with Gasteiger partial charge in [-0.1, -0.05) is 0 Å². The van der Waals surface area contributed by atoms with Gasteiger partial charge in [-0.15, -0.1) is 0 Å². The summed E-state index contributed by atoms with van der Waals surface area (Å²) in [5.41, 5.74) is 1.74. The van der Waals surface area contributed by atoms with Crippen molar-refractivity contribution < 1.29 is 9.59 Å². The van der Waals surface area contributed by atoms with Gasteiger partial charge in [-0.2, -0.15) is 0 Å². The van der Waals surface area contributed by atoms with Crippen LogP contribution in [0.4, 0.5) is 5.69 Å². The molecule has 0 unspecified atom stereocenters. The molecule has 1 aromatic carbocycles. The highest BCUT2D eigenvalue weighted by Gasteiger charge is 2.17. The van der Waals surface area contributed by atoms with Gasteiger partial charge in [0, 0.05) is 48.8 Å². The molecule has 0 bridgehead atoms. The molecule has 0 aromatic heterocycles. The summed E-state index contributed by atoms with van der Waals surface area (Å²) >= 11 is 3.41. The molecule has 0 N–H and O–H groups in total. The van der Waals surface area contributed by atoms with E-state index in [1.165, 1.54) is 0 Å². The minimum Gasteiger partial charge on any atom is -0.370 e. The Kier molecular flexibility index (Phi) is 4.58. The van der Waals surface area contributed by atoms with Crippen molar-refractivity contribution in [3.8, 4) is 0 Å². The summed E-state index contributed by atoms with van der Waals surface area (Å²) in [5.74, 6) is 0.138. The minimum absolute atomic E-state index is 0.138. The molecule has 1 saturated heterocycles. The number of amides is 1. The SMILES string of the molecule is CC(=O)N1CCCN(c2ccc(C=O)c(Br)c2)CC1. The lowest BCUT2D eigenvalue weighted by Gasteiger charge is -2.23. The first-order chi connectivity index (χ1) is 9.11. The molecule has 1 heterocycles. The largest absolute Gasteiger partial charge is 0.370 e. The van der Waals surface area contributed by atoms with Crippen LogP contribution < -0.4 is 4.90 Å². The van der Waals surface area contributed by atoms with Crippen LogP contribution in [0.5, 0.6) is 0 Å². The lowest BCUT2D eigenvalue weighted by atomic mass is 10.2. The average Bonchev–Trinajstić information content (AvgIpc) is 2.64. The fourth-order valence-corrected chi connectivity index (χ4v) is 2.76. The molecule has 1 aromatic rings. The maximum Gasteiger partial charge on any atom is 0.219 e. The Bertz CT molecular complexity index is 490. The molecule has 19 heavy (non-hydrogen) atoms. The summed E-state index contributed by atoms with van der Waals surface area (Å²) < 4.78 is 0.813. The van der Waals surface area contributed by atoms with E-state index in [-0.39, 0.29) is 5.91 Å². The maximum absolute atomic E-state index is 11.4. The highest BCUT2D eigenvalue weighted by Crippen LogP contribution is 2.24. The standard InChI is InChI=1S/C14H17BrN2O2/c1-11(19)16-5-2-6-17(8-7-16)13-4-3-12(10-18)14(15)9-13/h3-4,9-10H,2,5-8H2,1H3. The van der Waals surface area contributed by atoms with Crippen LogP contribution in [0, 0.1) is 0 Å². The number of anilines is 1. The van der Waals surface area contributed by atoms with Gasteiger partial charge in [0.15, 0.2) is 6.29 Å². The van der Waals surface area contributed by atoms with Crippen molar-refractivity contribution in [3.63, 3.8) is 0 Å². The Morgan fingerprint density at radius 3 is 2.68 bits per heavy atom. The van der Waals surface area contributed by atoms with E-state index in [9.17, 15) is 9.59 Å². The molecule has 0 aliphatic carbocycles. The monoisotopic (exact) mass is 324 g/mol. The first-order valence-corrected chi connectivity index (χ1v) is 7.16. The second-order valence-corrected chi connectivity index (χ2v) is 5.52. The zero-order valence-electron chi connectivity index (χ0n) is 10.9. The van der Waals surface area contributed by atoms with E-state index in [1.807, 2.05) is 23.1 Å². The van der Waals surface area contributed by atoms with Crippen molar-refractivity contribution in [1.29, 1.82) is 0 Å². The second-order valence-electron chi connectivity index (χ2n) is 4.67. The van der Waals surface area contributed by atoms with E-state index in [0.717, 1.165) is 49.0 Å². The Morgan fingerprint density at radius 2 is 2.05 bits per heavy atom. The number of rotatable bonds is 2. The second kappa shape index (κ2) is 6.19. The van der Waals surface area contributed by atoms with Gasteiger partial charge >= 0.3 is 0 Å². The van der Waals surface area contributed by atoms with Crippen LogP contribution in [-0.4, -0.2) is 43.3 Å². The number of hydrogen-bond donors (Lipinski definition) is 0. The Labute approximate surface area is 121 Å². The van der Waals surface area contributed by atoms with Crippen molar-refractivity contribution >= 4 is 33.8 Å². The van der Waals surface area contributed by atoms with Crippen LogP contribution in [0.3, 0.4) is 0 Å². The number of benzene rings is 1. The molecule has 102 valence electrons. The third kappa shape index (κ3) is 3.35. The van der Waals surface area contributed by atoms with E-state index in [4.69, 9.17) is 0 Å². The summed E-state index contributed by atoms with van der Waals surface area (Å²) in [6.45, 7) is 4.94. The van der Waals surface area contributed by atoms with Crippen LogP contribution in [0.1, 0.15) is 23.7 Å². The highest BCUT2D eigenvalue weighted by atomic mass is 79.9. The quantitative estimate of drug-likeness (QED) is 0.784. The van der Waals surface area contributed by atoms with Crippen LogP contribution in [0.2, 0.25) is 0 Å². The third-order valence-corrected chi connectivity index (χ3v) is 4.10. The summed E-state index contributed by atoms with van der Waals surface area (Å²) in [6, 6.07) is 5.74. The lowest BCUT2D eigenvalue weighted by Crippen LogP contribution is -2.33. The maximum atomic E-state index is 11.4. The predicted molar refractivity (Wildman–Crippen MR) is 78.6 cm³/mol. The third-order valence-electron chi connectivity index (χ3n) is 3.42. The van der Waals surface area contributed by atoms with Gasteiger partial charge in [0.2, 0.25) is 5.91 Å². The van der Waals surface area contributed by atoms with Crippen LogP contribution in [-0.2, 0) is 4.79 Å². The van der Waals surface area contributed by atoms with Gasteiger partial charge in [-0.05, 0) is 40.5 Å². The number of carbonyl (C=O) groups is 2. The molecule has 0 radical (unpaired) electrons. The van der Waals surface area contributed by atoms with Crippen LogP contribution >= 0.6 is 15.9 Å². The normalized spacial score (nSPS) is 16.1. The highest BCUT2D eigenvalue weighted by molar-refractivity contribution is 9.10. The van der Waals surface area contributed by atoms with Crippen LogP contribution in [0.25, 0.3) is 0 Å². The first kappa shape index (κ1) is 14.1. The molecule has 5 heteroatoms. The topological polar surface area (TPSA) is 40.6 Å². The van der Waals surface area contributed by atoms with Gasteiger partial charge in [-0.25, -0.2) is 0 Å². The summed E-state index contributed by atoms with van der Waals surface area (Å²) in [5, 5.41) is 0. The van der Waals surface area contributed by atoms with Crippen molar-refractivity contribution in [1.82, 2.24) is 4.90 Å². The fraction of sp³-hybridized carbons (Fsp3) is 0.429. The van der Waals surface area contributed by atoms with Crippen molar-refractivity contribution in [2.75, 3.05) is 31.1 Å². The Hall–Kier alpha value is -1.36. The number of hydrogen-bond acceptors (Lipinski definition) is 3. The molecule has 1 fully saturated rings. The van der Waals surface area contributed by atoms with Crippen LogP contribution in [0.15, 0.2) is 22.7 Å². The van der Waals surface area contributed by atoms with Crippen molar-refractivity contribution in [3.05, 3.63) is 28.2 Å². The van der Waals surface area contributed by atoms with Gasteiger partial charge in [0.1, 0.15) is 0 Å². The van der Waals surface area contributed by atoms with Gasteiger partial charge < -0.3 is 9.80 Å². The zero-order chi connectivity index (χ0) is 13.8. The lowest BCUT2D eigenvalue weighted by molar-refractivity contribution is -0.128. The Balaban J connectivity index is 2.12. The number of halogens is 1. The van der Waals surface area contributed by atoms with E-state index in [0.29, 0.717) is 5.56 Å². The zero-order valence-corrected chi connectivity index (χ0v) is 12.5. The number of aldehydes is 1. The summed E-state index contributed by atoms with van der Waals surface area (Å²) in [4.78, 5) is 26.3. The molecule has 0 spiro atoms. The van der Waals surface area contributed by atoms with Crippen molar-refractivity contribution in [2.45, 2.75) is 13.3 Å². The summed E-state index contributed by atoms with van der Waals surface area (Å²) in [7, 11) is 0.